The molecular formula is C13H18N2O4. The van der Waals surface area contributed by atoms with Gasteiger partial charge in [-0.15, -0.1) is 0 Å². The molecular weight excluding hydrogens is 248 g/mol. The first kappa shape index (κ1) is 13.6. The second-order valence-corrected chi connectivity index (χ2v) is 3.99. The zero-order valence-corrected chi connectivity index (χ0v) is 10.7. The summed E-state index contributed by atoms with van der Waals surface area (Å²) in [5, 5.41) is 2.77. The van der Waals surface area contributed by atoms with Crippen molar-refractivity contribution >= 4 is 5.91 Å². The van der Waals surface area contributed by atoms with E-state index in [-0.39, 0.29) is 5.91 Å². The third kappa shape index (κ3) is 3.59. The number of rotatable bonds is 6. The molecule has 0 bridgehead atoms. The van der Waals surface area contributed by atoms with Crippen LogP contribution in [0.5, 0.6) is 11.5 Å². The smallest absolute Gasteiger partial charge is 0.255 e. The number of amides is 1. The molecule has 0 atom stereocenters. The SMILES string of the molecule is NCCOCCNC(=O)c1cccc2c1OCCO2. The molecule has 1 aromatic carbocycles. The number of nitrogens with two attached hydrogens (primary N) is 1. The summed E-state index contributed by atoms with van der Waals surface area (Å²) in [5.41, 5.74) is 5.78. The van der Waals surface area contributed by atoms with Crippen molar-refractivity contribution in [3.63, 3.8) is 0 Å². The molecule has 0 saturated heterocycles. The first-order valence-electron chi connectivity index (χ1n) is 6.27. The van der Waals surface area contributed by atoms with Crippen molar-refractivity contribution < 1.29 is 19.0 Å². The van der Waals surface area contributed by atoms with Gasteiger partial charge in [0.15, 0.2) is 11.5 Å². The van der Waals surface area contributed by atoms with Crippen molar-refractivity contribution in [2.75, 3.05) is 39.5 Å². The third-order valence-electron chi connectivity index (χ3n) is 2.60. The lowest BCUT2D eigenvalue weighted by molar-refractivity contribution is 0.0909. The maximum absolute atomic E-state index is 12.0. The molecule has 19 heavy (non-hydrogen) atoms. The summed E-state index contributed by atoms with van der Waals surface area (Å²) >= 11 is 0. The maximum atomic E-state index is 12.0. The average molecular weight is 266 g/mol. The first-order valence-corrected chi connectivity index (χ1v) is 6.27. The molecule has 1 aromatic rings. The van der Waals surface area contributed by atoms with Crippen LogP contribution in [-0.4, -0.2) is 45.4 Å². The lowest BCUT2D eigenvalue weighted by Crippen LogP contribution is -2.29. The first-order chi connectivity index (χ1) is 9.33. The molecule has 1 aliphatic rings. The van der Waals surface area contributed by atoms with E-state index in [0.29, 0.717) is 56.6 Å². The quantitative estimate of drug-likeness (QED) is 0.717. The Morgan fingerprint density at radius 3 is 3.00 bits per heavy atom. The van der Waals surface area contributed by atoms with E-state index in [1.54, 1.807) is 18.2 Å². The van der Waals surface area contributed by atoms with Gasteiger partial charge in [-0.25, -0.2) is 0 Å². The topological polar surface area (TPSA) is 82.8 Å². The molecule has 1 aliphatic heterocycles. The van der Waals surface area contributed by atoms with Gasteiger partial charge in [0, 0.05) is 13.1 Å². The monoisotopic (exact) mass is 266 g/mol. The van der Waals surface area contributed by atoms with Gasteiger partial charge < -0.3 is 25.3 Å². The van der Waals surface area contributed by atoms with Gasteiger partial charge in [0.25, 0.3) is 5.91 Å². The number of carbonyl (C=O) groups excluding carboxylic acids is 1. The highest BCUT2D eigenvalue weighted by Gasteiger charge is 2.19. The Morgan fingerprint density at radius 2 is 2.16 bits per heavy atom. The number of para-hydroxylation sites is 1. The van der Waals surface area contributed by atoms with Gasteiger partial charge >= 0.3 is 0 Å². The van der Waals surface area contributed by atoms with Crippen molar-refractivity contribution in [2.24, 2.45) is 5.73 Å². The molecule has 6 heteroatoms. The van der Waals surface area contributed by atoms with Crippen LogP contribution in [0.2, 0.25) is 0 Å². The van der Waals surface area contributed by atoms with Gasteiger partial charge in [0.2, 0.25) is 0 Å². The van der Waals surface area contributed by atoms with Gasteiger partial charge in [0.1, 0.15) is 13.2 Å². The largest absolute Gasteiger partial charge is 0.486 e. The normalized spacial score (nSPS) is 13.1. The molecule has 0 radical (unpaired) electrons. The Hall–Kier alpha value is -1.79. The number of nitrogens with one attached hydrogen (secondary N) is 1. The predicted molar refractivity (Wildman–Crippen MR) is 69.6 cm³/mol. The van der Waals surface area contributed by atoms with Gasteiger partial charge in [-0.2, -0.15) is 0 Å². The molecule has 6 nitrogen and oxygen atoms in total. The van der Waals surface area contributed by atoms with Crippen LogP contribution in [0, 0.1) is 0 Å². The van der Waals surface area contributed by atoms with Crippen molar-refractivity contribution in [1.82, 2.24) is 5.32 Å². The van der Waals surface area contributed by atoms with E-state index < -0.39 is 0 Å². The van der Waals surface area contributed by atoms with Crippen molar-refractivity contribution in [3.05, 3.63) is 23.8 Å². The number of fused-ring (bicyclic) bond motifs is 1. The minimum atomic E-state index is -0.196. The summed E-state index contributed by atoms with van der Waals surface area (Å²) in [6, 6.07) is 5.27. The fourth-order valence-electron chi connectivity index (χ4n) is 1.77. The second-order valence-electron chi connectivity index (χ2n) is 3.99. The van der Waals surface area contributed by atoms with Crippen LogP contribution in [0.3, 0.4) is 0 Å². The summed E-state index contributed by atoms with van der Waals surface area (Å²) in [6.07, 6.45) is 0. The molecule has 0 aromatic heterocycles. The van der Waals surface area contributed by atoms with E-state index in [1.165, 1.54) is 0 Å². The van der Waals surface area contributed by atoms with Gasteiger partial charge in [-0.05, 0) is 12.1 Å². The van der Waals surface area contributed by atoms with E-state index in [1.807, 2.05) is 0 Å². The summed E-state index contributed by atoms with van der Waals surface area (Å²) in [5.74, 6) is 0.922. The molecule has 0 unspecified atom stereocenters. The van der Waals surface area contributed by atoms with Crippen molar-refractivity contribution in [3.8, 4) is 11.5 Å². The van der Waals surface area contributed by atoms with Crippen molar-refractivity contribution in [1.29, 1.82) is 0 Å². The van der Waals surface area contributed by atoms with Crippen LogP contribution in [0.15, 0.2) is 18.2 Å². The molecule has 2 rings (SSSR count). The maximum Gasteiger partial charge on any atom is 0.255 e. The molecule has 0 fully saturated rings. The van der Waals surface area contributed by atoms with E-state index in [9.17, 15) is 4.79 Å². The number of hydrogen-bond donors (Lipinski definition) is 2. The third-order valence-corrected chi connectivity index (χ3v) is 2.60. The highest BCUT2D eigenvalue weighted by molar-refractivity contribution is 5.97. The highest BCUT2D eigenvalue weighted by Crippen LogP contribution is 2.33. The van der Waals surface area contributed by atoms with Gasteiger partial charge in [-0.1, -0.05) is 6.07 Å². The van der Waals surface area contributed by atoms with Crippen LogP contribution < -0.4 is 20.5 Å². The molecule has 1 amide bonds. The summed E-state index contributed by atoms with van der Waals surface area (Å²) in [6.45, 7) is 2.81. The van der Waals surface area contributed by atoms with E-state index in [4.69, 9.17) is 19.9 Å². The zero-order chi connectivity index (χ0) is 13.5. The fourth-order valence-corrected chi connectivity index (χ4v) is 1.77. The minimum Gasteiger partial charge on any atom is -0.486 e. The fraction of sp³-hybridized carbons (Fsp3) is 0.462. The number of benzene rings is 1. The van der Waals surface area contributed by atoms with Crippen LogP contribution >= 0.6 is 0 Å². The number of hydrogen-bond acceptors (Lipinski definition) is 5. The van der Waals surface area contributed by atoms with Crippen molar-refractivity contribution in [2.45, 2.75) is 0 Å². The Labute approximate surface area is 111 Å². The standard InChI is InChI=1S/C13H18N2O4/c14-4-6-17-7-5-15-13(16)10-2-1-3-11-12(10)19-9-8-18-11/h1-3H,4-9,14H2,(H,15,16). The van der Waals surface area contributed by atoms with Crippen LogP contribution in [0.25, 0.3) is 0 Å². The Balaban J connectivity index is 1.92. The Morgan fingerprint density at radius 1 is 1.32 bits per heavy atom. The lowest BCUT2D eigenvalue weighted by atomic mass is 10.1. The van der Waals surface area contributed by atoms with E-state index in [2.05, 4.69) is 5.32 Å². The molecule has 0 spiro atoms. The van der Waals surface area contributed by atoms with Crippen LogP contribution in [-0.2, 0) is 4.74 Å². The lowest BCUT2D eigenvalue weighted by Gasteiger charge is -2.20. The minimum absolute atomic E-state index is 0.196. The van der Waals surface area contributed by atoms with Gasteiger partial charge in [-0.3, -0.25) is 4.79 Å². The Bertz CT molecular complexity index is 437. The van der Waals surface area contributed by atoms with E-state index >= 15 is 0 Å². The summed E-state index contributed by atoms with van der Waals surface area (Å²) in [4.78, 5) is 12.0. The molecule has 0 aliphatic carbocycles. The molecule has 1 heterocycles. The van der Waals surface area contributed by atoms with Crippen LogP contribution in [0.1, 0.15) is 10.4 Å². The highest BCUT2D eigenvalue weighted by atomic mass is 16.6. The predicted octanol–water partition coefficient (Wildman–Crippen LogP) is 0.163. The summed E-state index contributed by atoms with van der Waals surface area (Å²) < 4.78 is 16.1. The van der Waals surface area contributed by atoms with Gasteiger partial charge in [0.05, 0.1) is 18.8 Å². The summed E-state index contributed by atoms with van der Waals surface area (Å²) in [7, 11) is 0. The number of carbonyl (C=O) groups is 1. The number of ether oxygens (including phenoxy) is 3. The average Bonchev–Trinajstić information content (AvgIpc) is 2.46. The second kappa shape index (κ2) is 6.96. The molecule has 0 saturated carbocycles. The zero-order valence-electron chi connectivity index (χ0n) is 10.7. The molecule has 104 valence electrons. The van der Waals surface area contributed by atoms with Crippen LogP contribution in [0.4, 0.5) is 0 Å². The molecule has 3 N–H and O–H groups in total. The Kier molecular flexibility index (Phi) is 5.00. The van der Waals surface area contributed by atoms with E-state index in [0.717, 1.165) is 0 Å².